The van der Waals surface area contributed by atoms with Crippen LogP contribution < -0.4 is 20.5 Å². The number of hydrogen-bond donors (Lipinski definition) is 2. The number of benzene rings is 1. The lowest BCUT2D eigenvalue weighted by Crippen LogP contribution is -2.41. The molecule has 1 fully saturated rings. The number of nitrogens with one attached hydrogen (secondary N) is 1. The van der Waals surface area contributed by atoms with Gasteiger partial charge >= 0.3 is 6.09 Å². The van der Waals surface area contributed by atoms with Crippen LogP contribution in [0, 0.1) is 0 Å². The summed E-state index contributed by atoms with van der Waals surface area (Å²) < 4.78 is 16.0. The fourth-order valence-electron chi connectivity index (χ4n) is 3.22. The topological polar surface area (TPSA) is 86.1 Å². The molecule has 2 rings (SSSR count). The van der Waals surface area contributed by atoms with E-state index in [1.165, 1.54) is 0 Å². The summed E-state index contributed by atoms with van der Waals surface area (Å²) >= 11 is 0. The molecular weight excluding hydrogens is 334 g/mol. The molecule has 0 spiro atoms. The lowest BCUT2D eigenvalue weighted by molar-refractivity contribution is 0.0504. The molecule has 0 saturated carbocycles. The summed E-state index contributed by atoms with van der Waals surface area (Å²) in [5.74, 6) is 1.38. The number of alkyl carbamates (subject to hydrolysis) is 1. The van der Waals surface area contributed by atoms with Crippen molar-refractivity contribution in [2.24, 2.45) is 5.73 Å². The lowest BCUT2D eigenvalue weighted by Gasteiger charge is -2.28. The molecule has 146 valence electrons. The number of carbonyl (C=O) groups is 1. The highest BCUT2D eigenvalue weighted by atomic mass is 16.6. The van der Waals surface area contributed by atoms with E-state index < -0.39 is 5.60 Å². The summed E-state index contributed by atoms with van der Waals surface area (Å²) in [6, 6.07) is 5.97. The number of hydrogen-bond acceptors (Lipinski definition) is 6. The monoisotopic (exact) mass is 365 g/mol. The third-order valence-electron chi connectivity index (χ3n) is 4.40. The van der Waals surface area contributed by atoms with E-state index >= 15 is 0 Å². The predicted octanol–water partition coefficient (Wildman–Crippen LogP) is 2.30. The maximum atomic E-state index is 12.0. The van der Waals surface area contributed by atoms with Gasteiger partial charge in [0.15, 0.2) is 11.5 Å². The predicted molar refractivity (Wildman–Crippen MR) is 101 cm³/mol. The summed E-state index contributed by atoms with van der Waals surface area (Å²) in [7, 11) is 3.24. The Balaban J connectivity index is 2.02. The van der Waals surface area contributed by atoms with Crippen LogP contribution in [0.15, 0.2) is 18.2 Å². The first-order chi connectivity index (χ1) is 12.3. The van der Waals surface area contributed by atoms with Crippen LogP contribution in [0.5, 0.6) is 11.5 Å². The van der Waals surface area contributed by atoms with E-state index in [1.54, 1.807) is 14.2 Å². The van der Waals surface area contributed by atoms with Crippen molar-refractivity contribution in [1.29, 1.82) is 0 Å². The molecule has 26 heavy (non-hydrogen) atoms. The van der Waals surface area contributed by atoms with Crippen molar-refractivity contribution < 1.29 is 19.0 Å². The number of ether oxygens (including phenoxy) is 3. The van der Waals surface area contributed by atoms with Crippen molar-refractivity contribution in [1.82, 2.24) is 10.2 Å². The first-order valence-corrected chi connectivity index (χ1v) is 8.93. The maximum Gasteiger partial charge on any atom is 0.407 e. The van der Waals surface area contributed by atoms with E-state index in [0.29, 0.717) is 18.0 Å². The number of nitrogens with two attached hydrogens (primary N) is 1. The van der Waals surface area contributed by atoms with E-state index in [1.807, 2.05) is 39.0 Å². The van der Waals surface area contributed by atoms with E-state index in [2.05, 4.69) is 10.2 Å². The zero-order valence-electron chi connectivity index (χ0n) is 16.4. The Morgan fingerprint density at radius 2 is 2.00 bits per heavy atom. The Morgan fingerprint density at radius 1 is 1.31 bits per heavy atom. The highest BCUT2D eigenvalue weighted by Gasteiger charge is 2.30. The minimum atomic E-state index is -0.498. The van der Waals surface area contributed by atoms with E-state index in [9.17, 15) is 4.79 Å². The van der Waals surface area contributed by atoms with Crippen molar-refractivity contribution in [3.05, 3.63) is 23.8 Å². The molecule has 0 unspecified atom stereocenters. The molecule has 1 saturated heterocycles. The second-order valence-corrected chi connectivity index (χ2v) is 7.49. The van der Waals surface area contributed by atoms with Crippen LogP contribution in [0.3, 0.4) is 0 Å². The number of likely N-dealkylation sites (tertiary alicyclic amines) is 1. The van der Waals surface area contributed by atoms with Gasteiger partial charge in [-0.3, -0.25) is 4.90 Å². The van der Waals surface area contributed by atoms with Gasteiger partial charge in [0.2, 0.25) is 0 Å². The number of methoxy groups -OCH3 is 2. The van der Waals surface area contributed by atoms with Crippen molar-refractivity contribution in [2.45, 2.75) is 44.9 Å². The van der Waals surface area contributed by atoms with Gasteiger partial charge in [-0.05, 0) is 44.9 Å². The lowest BCUT2D eigenvalue weighted by atomic mass is 10.0. The van der Waals surface area contributed by atoms with Crippen LogP contribution in [0.1, 0.15) is 38.8 Å². The fourth-order valence-corrected chi connectivity index (χ4v) is 3.22. The van der Waals surface area contributed by atoms with Gasteiger partial charge in [0.05, 0.1) is 14.2 Å². The van der Waals surface area contributed by atoms with Gasteiger partial charge in [0.1, 0.15) is 5.60 Å². The second kappa shape index (κ2) is 8.60. The molecule has 1 aliphatic rings. The van der Waals surface area contributed by atoms with Crippen LogP contribution in [0.2, 0.25) is 0 Å². The molecule has 0 aliphatic carbocycles. The van der Waals surface area contributed by atoms with Gasteiger partial charge in [-0.2, -0.15) is 0 Å². The highest BCUT2D eigenvalue weighted by molar-refractivity contribution is 5.68. The number of rotatable bonds is 6. The highest BCUT2D eigenvalue weighted by Crippen LogP contribution is 2.32. The molecule has 1 aliphatic heterocycles. The zero-order valence-corrected chi connectivity index (χ0v) is 16.4. The average Bonchev–Trinajstić information content (AvgIpc) is 3.01. The van der Waals surface area contributed by atoms with E-state index in [-0.39, 0.29) is 18.2 Å². The van der Waals surface area contributed by atoms with Crippen molar-refractivity contribution in [3.8, 4) is 11.5 Å². The molecule has 1 aromatic carbocycles. The number of carbonyl (C=O) groups excluding carboxylic acids is 1. The molecule has 3 N–H and O–H groups in total. The Hall–Kier alpha value is -1.99. The molecule has 2 atom stereocenters. The maximum absolute atomic E-state index is 12.0. The van der Waals surface area contributed by atoms with Gasteiger partial charge in [-0.1, -0.05) is 6.07 Å². The first-order valence-electron chi connectivity index (χ1n) is 8.93. The summed E-state index contributed by atoms with van der Waals surface area (Å²) in [5, 5.41) is 2.95. The average molecular weight is 365 g/mol. The smallest absolute Gasteiger partial charge is 0.407 e. The second-order valence-electron chi connectivity index (χ2n) is 7.49. The van der Waals surface area contributed by atoms with Crippen molar-refractivity contribution >= 4 is 6.09 Å². The molecule has 0 radical (unpaired) electrons. The van der Waals surface area contributed by atoms with Crippen LogP contribution in [-0.2, 0) is 4.74 Å². The Kier molecular flexibility index (Phi) is 6.72. The molecule has 0 bridgehead atoms. The molecular formula is C19H31N3O4. The first kappa shape index (κ1) is 20.3. The van der Waals surface area contributed by atoms with Crippen LogP contribution >= 0.6 is 0 Å². The molecule has 1 aromatic rings. The quantitative estimate of drug-likeness (QED) is 0.804. The third kappa shape index (κ3) is 5.25. The summed E-state index contributed by atoms with van der Waals surface area (Å²) in [5.41, 5.74) is 6.62. The SMILES string of the molecule is COc1ccc([C@@H](CN)N2CC[C@H](NC(=O)OC(C)(C)C)C2)cc1OC. The minimum absolute atomic E-state index is 0.0547. The Bertz CT molecular complexity index is 615. The Morgan fingerprint density at radius 3 is 2.58 bits per heavy atom. The van der Waals surface area contributed by atoms with Crippen LogP contribution in [0.25, 0.3) is 0 Å². The summed E-state index contributed by atoms with van der Waals surface area (Å²) in [6.45, 7) is 7.64. The number of nitrogens with zero attached hydrogens (tertiary/aromatic N) is 1. The summed E-state index contributed by atoms with van der Waals surface area (Å²) in [6.07, 6.45) is 0.489. The minimum Gasteiger partial charge on any atom is -0.493 e. The van der Waals surface area contributed by atoms with Crippen molar-refractivity contribution in [2.75, 3.05) is 33.9 Å². The van der Waals surface area contributed by atoms with Crippen LogP contribution in [-0.4, -0.2) is 56.5 Å². The molecule has 7 heteroatoms. The van der Waals surface area contributed by atoms with Crippen molar-refractivity contribution in [3.63, 3.8) is 0 Å². The third-order valence-corrected chi connectivity index (χ3v) is 4.40. The normalized spacial score (nSPS) is 19.1. The zero-order chi connectivity index (χ0) is 19.3. The van der Waals surface area contributed by atoms with Gasteiger partial charge in [0.25, 0.3) is 0 Å². The summed E-state index contributed by atoms with van der Waals surface area (Å²) in [4.78, 5) is 14.3. The fraction of sp³-hybridized carbons (Fsp3) is 0.632. The standard InChI is InChI=1S/C19H31N3O4/c1-19(2,3)26-18(23)21-14-8-9-22(12-14)15(11-20)13-6-7-16(24-4)17(10-13)25-5/h6-7,10,14-15H,8-9,11-12,20H2,1-5H3,(H,21,23)/t14-,15+/m0/s1. The van der Waals surface area contributed by atoms with Crippen LogP contribution in [0.4, 0.5) is 4.79 Å². The van der Waals surface area contributed by atoms with E-state index in [0.717, 1.165) is 25.1 Å². The van der Waals surface area contributed by atoms with Gasteiger partial charge < -0.3 is 25.3 Å². The number of amides is 1. The largest absolute Gasteiger partial charge is 0.493 e. The van der Waals surface area contributed by atoms with Gasteiger partial charge in [-0.15, -0.1) is 0 Å². The van der Waals surface area contributed by atoms with Gasteiger partial charge in [0, 0.05) is 31.7 Å². The molecule has 7 nitrogen and oxygen atoms in total. The molecule has 0 aromatic heterocycles. The van der Waals surface area contributed by atoms with E-state index in [4.69, 9.17) is 19.9 Å². The Labute approximate surface area is 155 Å². The van der Waals surface area contributed by atoms with Gasteiger partial charge in [-0.25, -0.2) is 4.79 Å². The molecule has 1 heterocycles. The molecule has 1 amide bonds.